The number of nitrogens with zero attached hydrogens (tertiary/aromatic N) is 3. The molecule has 1 aromatic heterocycles. The minimum atomic E-state index is 0.641. The summed E-state index contributed by atoms with van der Waals surface area (Å²) in [4.78, 5) is 10.3. The third kappa shape index (κ3) is 2.66. The molecule has 0 aliphatic heterocycles. The monoisotopic (exact) mass is 180 g/mol. The third-order valence-corrected chi connectivity index (χ3v) is 1.93. The number of anilines is 1. The van der Waals surface area contributed by atoms with E-state index in [4.69, 9.17) is 5.73 Å². The van der Waals surface area contributed by atoms with Crippen molar-refractivity contribution in [3.05, 3.63) is 18.1 Å². The minimum Gasteiger partial charge on any atom is -0.358 e. The van der Waals surface area contributed by atoms with Crippen molar-refractivity contribution >= 4 is 5.82 Å². The van der Waals surface area contributed by atoms with Gasteiger partial charge in [0.05, 0.1) is 0 Å². The maximum atomic E-state index is 5.45. The van der Waals surface area contributed by atoms with Crippen LogP contribution in [0.15, 0.2) is 12.4 Å². The van der Waals surface area contributed by atoms with Gasteiger partial charge in [0.1, 0.15) is 12.1 Å². The molecule has 0 bridgehead atoms. The van der Waals surface area contributed by atoms with Crippen LogP contribution in [0, 0.1) is 0 Å². The van der Waals surface area contributed by atoms with Crippen molar-refractivity contribution < 1.29 is 0 Å². The number of hydrogen-bond acceptors (Lipinski definition) is 4. The first-order valence-electron chi connectivity index (χ1n) is 4.50. The number of hydrogen-bond donors (Lipinski definition) is 1. The molecule has 0 unspecified atom stereocenters. The van der Waals surface area contributed by atoms with Crippen molar-refractivity contribution in [3.8, 4) is 0 Å². The molecular formula is C9H16N4. The van der Waals surface area contributed by atoms with Crippen molar-refractivity contribution in [2.75, 3.05) is 25.0 Å². The van der Waals surface area contributed by atoms with Gasteiger partial charge in [-0.05, 0) is 6.42 Å². The zero-order valence-electron chi connectivity index (χ0n) is 8.20. The molecule has 0 radical (unpaired) electrons. The first kappa shape index (κ1) is 9.92. The van der Waals surface area contributed by atoms with Crippen LogP contribution >= 0.6 is 0 Å². The zero-order chi connectivity index (χ0) is 9.68. The van der Waals surface area contributed by atoms with E-state index in [1.54, 1.807) is 6.33 Å². The highest BCUT2D eigenvalue weighted by Crippen LogP contribution is 2.08. The van der Waals surface area contributed by atoms with Crippen molar-refractivity contribution in [2.24, 2.45) is 5.73 Å². The Morgan fingerprint density at radius 1 is 1.46 bits per heavy atom. The molecule has 72 valence electrons. The van der Waals surface area contributed by atoms with E-state index in [0.29, 0.717) is 6.54 Å². The summed E-state index contributed by atoms with van der Waals surface area (Å²) in [5.74, 6) is 0.942. The Hall–Kier alpha value is -1.16. The summed E-state index contributed by atoms with van der Waals surface area (Å²) in [6, 6.07) is 2.00. The van der Waals surface area contributed by atoms with E-state index in [-0.39, 0.29) is 0 Å². The Labute approximate surface area is 78.8 Å². The lowest BCUT2D eigenvalue weighted by atomic mass is 10.3. The van der Waals surface area contributed by atoms with Gasteiger partial charge in [0.25, 0.3) is 0 Å². The van der Waals surface area contributed by atoms with Crippen LogP contribution < -0.4 is 10.6 Å². The van der Waals surface area contributed by atoms with Gasteiger partial charge in [0.2, 0.25) is 0 Å². The van der Waals surface area contributed by atoms with Crippen LogP contribution in [0.25, 0.3) is 0 Å². The topological polar surface area (TPSA) is 55.0 Å². The quantitative estimate of drug-likeness (QED) is 0.730. The second-order valence-electron chi connectivity index (χ2n) is 2.93. The molecule has 2 N–H and O–H groups in total. The Morgan fingerprint density at radius 2 is 2.23 bits per heavy atom. The normalized spacial score (nSPS) is 10.1. The van der Waals surface area contributed by atoms with E-state index in [0.717, 1.165) is 24.5 Å². The van der Waals surface area contributed by atoms with E-state index in [1.807, 2.05) is 18.0 Å². The minimum absolute atomic E-state index is 0.641. The Balaban J connectivity index is 2.75. The maximum absolute atomic E-state index is 5.45. The molecule has 0 aromatic carbocycles. The Bertz CT molecular complexity index is 262. The zero-order valence-corrected chi connectivity index (χ0v) is 8.20. The smallest absolute Gasteiger partial charge is 0.131 e. The fraction of sp³-hybridized carbons (Fsp3) is 0.556. The van der Waals surface area contributed by atoms with E-state index in [9.17, 15) is 0 Å². The molecule has 0 spiro atoms. The standard InChI is InChI=1S/C9H16N4/c1-3-8-6-9(12-7-11-8)13(2)5-4-10/h6-7H,3-5,10H2,1-2H3. The Morgan fingerprint density at radius 3 is 2.85 bits per heavy atom. The summed E-state index contributed by atoms with van der Waals surface area (Å²) in [7, 11) is 1.98. The van der Waals surface area contributed by atoms with E-state index < -0.39 is 0 Å². The van der Waals surface area contributed by atoms with Gasteiger partial charge in [-0.2, -0.15) is 0 Å². The molecule has 0 atom stereocenters. The Kier molecular flexibility index (Phi) is 3.64. The molecule has 0 saturated heterocycles. The molecule has 0 aliphatic carbocycles. The average Bonchev–Trinajstić information content (AvgIpc) is 2.18. The molecule has 4 heteroatoms. The highest BCUT2D eigenvalue weighted by atomic mass is 15.2. The predicted molar refractivity (Wildman–Crippen MR) is 53.7 cm³/mol. The molecular weight excluding hydrogens is 164 g/mol. The van der Waals surface area contributed by atoms with Crippen LogP contribution in [0.5, 0.6) is 0 Å². The molecule has 1 aromatic rings. The van der Waals surface area contributed by atoms with Gasteiger partial charge in [-0.25, -0.2) is 9.97 Å². The third-order valence-electron chi connectivity index (χ3n) is 1.93. The van der Waals surface area contributed by atoms with Crippen LogP contribution in [0.1, 0.15) is 12.6 Å². The summed E-state index contributed by atoms with van der Waals surface area (Å²) < 4.78 is 0. The number of rotatable bonds is 4. The SMILES string of the molecule is CCc1cc(N(C)CCN)ncn1. The summed E-state index contributed by atoms with van der Waals surface area (Å²) in [5.41, 5.74) is 6.52. The molecule has 0 fully saturated rings. The molecule has 1 heterocycles. The van der Waals surface area contributed by atoms with Crippen LogP contribution in [-0.4, -0.2) is 30.1 Å². The molecule has 0 saturated carbocycles. The molecule has 4 nitrogen and oxygen atoms in total. The number of nitrogens with two attached hydrogens (primary N) is 1. The van der Waals surface area contributed by atoms with Gasteiger partial charge in [-0.15, -0.1) is 0 Å². The van der Waals surface area contributed by atoms with Crippen LogP contribution in [-0.2, 0) is 6.42 Å². The van der Waals surface area contributed by atoms with Gasteiger partial charge in [0.15, 0.2) is 0 Å². The average molecular weight is 180 g/mol. The van der Waals surface area contributed by atoms with E-state index >= 15 is 0 Å². The number of likely N-dealkylation sites (N-methyl/N-ethyl adjacent to an activating group) is 1. The molecule has 13 heavy (non-hydrogen) atoms. The fourth-order valence-corrected chi connectivity index (χ4v) is 1.10. The summed E-state index contributed by atoms with van der Waals surface area (Å²) >= 11 is 0. The van der Waals surface area contributed by atoms with Crippen molar-refractivity contribution in [1.29, 1.82) is 0 Å². The molecule has 1 rings (SSSR count). The van der Waals surface area contributed by atoms with Crippen LogP contribution in [0.4, 0.5) is 5.82 Å². The van der Waals surface area contributed by atoms with Crippen molar-refractivity contribution in [2.45, 2.75) is 13.3 Å². The number of aryl methyl sites for hydroxylation is 1. The van der Waals surface area contributed by atoms with Crippen LogP contribution in [0.3, 0.4) is 0 Å². The molecule has 0 amide bonds. The maximum Gasteiger partial charge on any atom is 0.131 e. The van der Waals surface area contributed by atoms with Crippen molar-refractivity contribution in [1.82, 2.24) is 9.97 Å². The lowest BCUT2D eigenvalue weighted by Gasteiger charge is -2.16. The largest absolute Gasteiger partial charge is 0.358 e. The fourth-order valence-electron chi connectivity index (χ4n) is 1.10. The van der Waals surface area contributed by atoms with E-state index in [1.165, 1.54) is 0 Å². The summed E-state index contributed by atoms with van der Waals surface area (Å²) in [5, 5.41) is 0. The summed E-state index contributed by atoms with van der Waals surface area (Å²) in [6.45, 7) is 3.54. The molecule has 0 aliphatic rings. The number of aromatic nitrogens is 2. The van der Waals surface area contributed by atoms with Gasteiger partial charge in [0, 0.05) is 31.9 Å². The summed E-state index contributed by atoms with van der Waals surface area (Å²) in [6.07, 6.45) is 2.53. The van der Waals surface area contributed by atoms with Gasteiger partial charge < -0.3 is 10.6 Å². The van der Waals surface area contributed by atoms with Crippen molar-refractivity contribution in [3.63, 3.8) is 0 Å². The highest BCUT2D eigenvalue weighted by Gasteiger charge is 2.01. The second-order valence-corrected chi connectivity index (χ2v) is 2.93. The predicted octanol–water partition coefficient (Wildman–Crippen LogP) is 0.434. The van der Waals surface area contributed by atoms with Gasteiger partial charge in [-0.1, -0.05) is 6.92 Å². The van der Waals surface area contributed by atoms with Crippen LogP contribution in [0.2, 0.25) is 0 Å². The highest BCUT2D eigenvalue weighted by molar-refractivity contribution is 5.37. The van der Waals surface area contributed by atoms with E-state index in [2.05, 4.69) is 16.9 Å². The van der Waals surface area contributed by atoms with Gasteiger partial charge >= 0.3 is 0 Å². The second kappa shape index (κ2) is 4.77. The first-order chi connectivity index (χ1) is 6.27. The lowest BCUT2D eigenvalue weighted by molar-refractivity contribution is 0.856. The van der Waals surface area contributed by atoms with Gasteiger partial charge in [-0.3, -0.25) is 0 Å². The first-order valence-corrected chi connectivity index (χ1v) is 4.50. The lowest BCUT2D eigenvalue weighted by Crippen LogP contribution is -2.25.